The Morgan fingerprint density at radius 1 is 0.317 bits per heavy atom. The van der Waals surface area contributed by atoms with Crippen LogP contribution in [0.15, 0.2) is 247 Å². The van der Waals surface area contributed by atoms with Crippen molar-refractivity contribution >= 4 is 60.8 Å². The molecular weight excluding hydrogens is 765 g/mol. The van der Waals surface area contributed by atoms with E-state index < -0.39 is 0 Å². The fraction of sp³-hybridized carbons (Fsp3) is 0. The Bertz CT molecular complexity index is 3620. The highest BCUT2D eigenvalue weighted by Gasteiger charge is 2.26. The van der Waals surface area contributed by atoms with Crippen LogP contribution in [0.4, 0.5) is 17.1 Å². The van der Waals surface area contributed by atoms with Crippen molar-refractivity contribution in [1.29, 1.82) is 0 Å². The fourth-order valence-electron chi connectivity index (χ4n) is 9.61. The number of rotatable bonds is 8. The van der Waals surface area contributed by atoms with Crippen LogP contribution >= 0.6 is 0 Å². The van der Waals surface area contributed by atoms with Gasteiger partial charge in [0.15, 0.2) is 0 Å². The minimum Gasteiger partial charge on any atom is -0.455 e. The first-order valence-electron chi connectivity index (χ1n) is 21.5. The molecule has 296 valence electrons. The molecule has 0 aliphatic carbocycles. The molecule has 3 nitrogen and oxygen atoms in total. The second-order valence-corrected chi connectivity index (χ2v) is 16.0. The van der Waals surface area contributed by atoms with Crippen LogP contribution in [0.25, 0.3) is 93.9 Å². The predicted molar refractivity (Wildman–Crippen MR) is 264 cm³/mol. The number of benzene rings is 10. The number of para-hydroxylation sites is 5. The molecule has 0 amide bonds. The van der Waals surface area contributed by atoms with Gasteiger partial charge in [0.1, 0.15) is 11.2 Å². The first kappa shape index (κ1) is 36.5. The van der Waals surface area contributed by atoms with Crippen molar-refractivity contribution in [2.24, 2.45) is 0 Å². The molecule has 2 heterocycles. The van der Waals surface area contributed by atoms with Crippen LogP contribution in [-0.2, 0) is 0 Å². The van der Waals surface area contributed by atoms with Crippen molar-refractivity contribution in [2.75, 3.05) is 4.90 Å². The van der Waals surface area contributed by atoms with E-state index in [1.807, 2.05) is 6.07 Å². The molecule has 3 heteroatoms. The van der Waals surface area contributed by atoms with Gasteiger partial charge in [-0.25, -0.2) is 0 Å². The third-order valence-corrected chi connectivity index (χ3v) is 12.4. The van der Waals surface area contributed by atoms with E-state index in [2.05, 4.69) is 246 Å². The molecule has 0 unspecified atom stereocenters. The SMILES string of the molecule is c1ccc(-c2ccc(N(c3ccccc3-c3ccccc3)c3cccc4c3c3ccccc3n4-c3ccccc3-c3cccc4c3oc3ccccc34)c(-c3ccccc3)c2)cc1. The highest BCUT2D eigenvalue weighted by molar-refractivity contribution is 6.18. The number of hydrogen-bond acceptors (Lipinski definition) is 2. The van der Waals surface area contributed by atoms with Crippen LogP contribution in [0.3, 0.4) is 0 Å². The van der Waals surface area contributed by atoms with Crippen molar-refractivity contribution in [1.82, 2.24) is 4.57 Å². The zero-order chi connectivity index (χ0) is 41.7. The zero-order valence-electron chi connectivity index (χ0n) is 34.4. The molecular formula is C60H40N2O. The van der Waals surface area contributed by atoms with Gasteiger partial charge in [-0.05, 0) is 70.8 Å². The number of nitrogens with zero attached hydrogens (tertiary/aromatic N) is 2. The number of anilines is 3. The number of furan rings is 1. The van der Waals surface area contributed by atoms with Crippen LogP contribution in [0.1, 0.15) is 0 Å². The minimum absolute atomic E-state index is 0.890. The predicted octanol–water partition coefficient (Wildman–Crippen LogP) is 16.8. The molecule has 0 spiro atoms. The molecule has 63 heavy (non-hydrogen) atoms. The second-order valence-electron chi connectivity index (χ2n) is 16.0. The topological polar surface area (TPSA) is 21.3 Å². The molecule has 12 rings (SSSR count). The average molecular weight is 805 g/mol. The highest BCUT2D eigenvalue weighted by atomic mass is 16.3. The van der Waals surface area contributed by atoms with E-state index in [1.54, 1.807) is 0 Å². The molecule has 12 aromatic rings. The Hall–Kier alpha value is -8.40. The maximum Gasteiger partial charge on any atom is 0.143 e. The van der Waals surface area contributed by atoms with Gasteiger partial charge in [-0.2, -0.15) is 0 Å². The van der Waals surface area contributed by atoms with E-state index >= 15 is 0 Å². The lowest BCUT2D eigenvalue weighted by molar-refractivity contribution is 0.670. The van der Waals surface area contributed by atoms with Crippen LogP contribution in [0, 0.1) is 0 Å². The standard InChI is InChI=1S/C60H40N2O/c1-4-20-41(21-5-1)44-38-39-55(51(40-44)43-24-8-3-9-25-43)61(52-32-14-10-26-45(52)42-22-6-2-7-23-42)56-35-19-36-57-59(56)50-29-12-16-34-54(50)62(57)53-33-15-11-27-46(53)48-30-18-31-49-47-28-13-17-37-58(47)63-60(48)49/h1-40H. The molecule has 0 bridgehead atoms. The molecule has 0 fully saturated rings. The van der Waals surface area contributed by atoms with Crippen molar-refractivity contribution in [3.8, 4) is 50.2 Å². The summed E-state index contributed by atoms with van der Waals surface area (Å²) in [5.74, 6) is 0. The Labute approximate surface area is 366 Å². The minimum atomic E-state index is 0.890. The van der Waals surface area contributed by atoms with Gasteiger partial charge in [0.05, 0.1) is 33.8 Å². The Kier molecular flexibility index (Phi) is 8.83. The monoisotopic (exact) mass is 804 g/mol. The summed E-state index contributed by atoms with van der Waals surface area (Å²) in [6.07, 6.45) is 0. The van der Waals surface area contributed by atoms with E-state index in [0.717, 1.165) is 89.1 Å². The summed E-state index contributed by atoms with van der Waals surface area (Å²) < 4.78 is 9.10. The lowest BCUT2D eigenvalue weighted by atomic mass is 9.95. The van der Waals surface area contributed by atoms with E-state index in [0.29, 0.717) is 0 Å². The maximum absolute atomic E-state index is 6.65. The summed E-state index contributed by atoms with van der Waals surface area (Å²) >= 11 is 0. The van der Waals surface area contributed by atoms with Gasteiger partial charge in [0, 0.05) is 43.8 Å². The first-order chi connectivity index (χ1) is 31.3. The normalized spacial score (nSPS) is 11.5. The van der Waals surface area contributed by atoms with Gasteiger partial charge < -0.3 is 13.9 Å². The molecule has 0 saturated carbocycles. The first-order valence-corrected chi connectivity index (χ1v) is 21.5. The summed E-state index contributed by atoms with van der Waals surface area (Å²) in [7, 11) is 0. The molecule has 0 saturated heterocycles. The van der Waals surface area contributed by atoms with E-state index in [-0.39, 0.29) is 0 Å². The molecule has 0 atom stereocenters. The van der Waals surface area contributed by atoms with Crippen molar-refractivity contribution in [2.45, 2.75) is 0 Å². The molecule has 0 aliphatic heterocycles. The highest BCUT2D eigenvalue weighted by Crippen LogP contribution is 2.50. The number of fused-ring (bicyclic) bond motifs is 6. The maximum atomic E-state index is 6.65. The van der Waals surface area contributed by atoms with Crippen LogP contribution in [-0.4, -0.2) is 4.57 Å². The lowest BCUT2D eigenvalue weighted by Gasteiger charge is -2.31. The summed E-state index contributed by atoms with van der Waals surface area (Å²) in [4.78, 5) is 2.50. The summed E-state index contributed by atoms with van der Waals surface area (Å²) in [5, 5.41) is 4.57. The number of aromatic nitrogens is 1. The molecule has 0 radical (unpaired) electrons. The summed E-state index contributed by atoms with van der Waals surface area (Å²) in [5.41, 5.74) is 17.5. The van der Waals surface area contributed by atoms with Crippen molar-refractivity contribution < 1.29 is 4.42 Å². The van der Waals surface area contributed by atoms with Gasteiger partial charge >= 0.3 is 0 Å². The van der Waals surface area contributed by atoms with Crippen LogP contribution in [0.5, 0.6) is 0 Å². The molecule has 2 aromatic heterocycles. The molecule has 10 aromatic carbocycles. The fourth-order valence-corrected chi connectivity index (χ4v) is 9.61. The third-order valence-electron chi connectivity index (χ3n) is 12.4. The Morgan fingerprint density at radius 2 is 0.857 bits per heavy atom. The van der Waals surface area contributed by atoms with E-state index in [4.69, 9.17) is 4.42 Å². The van der Waals surface area contributed by atoms with Crippen molar-refractivity contribution in [3.05, 3.63) is 243 Å². The van der Waals surface area contributed by atoms with Crippen LogP contribution in [0.2, 0.25) is 0 Å². The number of hydrogen-bond donors (Lipinski definition) is 0. The average Bonchev–Trinajstić information content (AvgIpc) is 3.92. The van der Waals surface area contributed by atoms with Gasteiger partial charge in [-0.1, -0.05) is 194 Å². The zero-order valence-corrected chi connectivity index (χ0v) is 34.4. The van der Waals surface area contributed by atoms with Crippen LogP contribution < -0.4 is 4.90 Å². The van der Waals surface area contributed by atoms with Gasteiger partial charge in [0.2, 0.25) is 0 Å². The smallest absolute Gasteiger partial charge is 0.143 e. The Morgan fingerprint density at radius 3 is 1.65 bits per heavy atom. The summed E-state index contributed by atoms with van der Waals surface area (Å²) in [6.45, 7) is 0. The largest absolute Gasteiger partial charge is 0.455 e. The van der Waals surface area contributed by atoms with Crippen molar-refractivity contribution in [3.63, 3.8) is 0 Å². The second kappa shape index (κ2) is 15.3. The van der Waals surface area contributed by atoms with Gasteiger partial charge in [-0.3, -0.25) is 0 Å². The van der Waals surface area contributed by atoms with Gasteiger partial charge in [-0.15, -0.1) is 0 Å². The quantitative estimate of drug-likeness (QED) is 0.153. The third kappa shape index (κ3) is 6.13. The lowest BCUT2D eigenvalue weighted by Crippen LogP contribution is -2.13. The van der Waals surface area contributed by atoms with E-state index in [1.165, 1.54) is 21.9 Å². The Balaban J connectivity index is 1.16. The molecule has 0 N–H and O–H groups in total. The van der Waals surface area contributed by atoms with Gasteiger partial charge in [0.25, 0.3) is 0 Å². The summed E-state index contributed by atoms with van der Waals surface area (Å²) in [6, 6.07) is 87.2. The molecule has 0 aliphatic rings. The van der Waals surface area contributed by atoms with E-state index in [9.17, 15) is 0 Å².